The van der Waals surface area contributed by atoms with Crippen molar-refractivity contribution in [2.75, 3.05) is 19.6 Å². The number of hydrogen-bond donors (Lipinski definition) is 0. The molecule has 2 fully saturated rings. The number of likely N-dealkylation sites (tertiary alicyclic amines) is 2. The van der Waals surface area contributed by atoms with Crippen molar-refractivity contribution in [2.24, 2.45) is 5.92 Å². The summed E-state index contributed by atoms with van der Waals surface area (Å²) in [4.78, 5) is 16.6. The van der Waals surface area contributed by atoms with E-state index in [-0.39, 0.29) is 6.09 Å². The zero-order chi connectivity index (χ0) is 15.7. The molecule has 0 spiro atoms. The van der Waals surface area contributed by atoms with Crippen molar-refractivity contribution in [3.63, 3.8) is 0 Å². The first kappa shape index (κ1) is 15.3. The van der Waals surface area contributed by atoms with Crippen molar-refractivity contribution in [1.82, 2.24) is 9.80 Å². The second-order valence-electron chi connectivity index (χ2n) is 7.46. The molecule has 2 heterocycles. The normalized spacial score (nSPS) is 25.3. The van der Waals surface area contributed by atoms with Gasteiger partial charge in [0.15, 0.2) is 0 Å². The fourth-order valence-corrected chi connectivity index (χ4v) is 3.54. The molecule has 3 rings (SSSR count). The molecule has 120 valence electrons. The Bertz CT molecular complexity index is 524. The maximum absolute atomic E-state index is 12.2. The summed E-state index contributed by atoms with van der Waals surface area (Å²) in [5.41, 5.74) is 0.928. The summed E-state index contributed by atoms with van der Waals surface area (Å²) in [6.45, 7) is 9.50. The molecular weight excluding hydrogens is 276 g/mol. The first-order valence-corrected chi connectivity index (χ1v) is 8.18. The summed E-state index contributed by atoms with van der Waals surface area (Å²) in [5.74, 6) is 0.594. The van der Waals surface area contributed by atoms with Gasteiger partial charge in [-0.25, -0.2) is 4.79 Å². The molecule has 2 aliphatic rings. The van der Waals surface area contributed by atoms with Crippen LogP contribution in [-0.2, 0) is 11.3 Å². The highest BCUT2D eigenvalue weighted by Crippen LogP contribution is 2.33. The van der Waals surface area contributed by atoms with Crippen LogP contribution in [0.4, 0.5) is 4.79 Å². The van der Waals surface area contributed by atoms with Crippen LogP contribution in [0.15, 0.2) is 30.3 Å². The van der Waals surface area contributed by atoms with Crippen LogP contribution in [0.2, 0.25) is 0 Å². The van der Waals surface area contributed by atoms with Gasteiger partial charge in [-0.3, -0.25) is 4.90 Å². The van der Waals surface area contributed by atoms with Crippen molar-refractivity contribution in [3.05, 3.63) is 35.9 Å². The van der Waals surface area contributed by atoms with Gasteiger partial charge < -0.3 is 9.64 Å². The van der Waals surface area contributed by atoms with Gasteiger partial charge in [0.2, 0.25) is 0 Å². The zero-order valence-corrected chi connectivity index (χ0v) is 13.8. The molecule has 4 heteroatoms. The second-order valence-corrected chi connectivity index (χ2v) is 7.46. The molecule has 4 nitrogen and oxygen atoms in total. The van der Waals surface area contributed by atoms with E-state index in [0.717, 1.165) is 26.2 Å². The molecule has 1 aromatic rings. The third-order valence-electron chi connectivity index (χ3n) is 4.54. The van der Waals surface area contributed by atoms with Crippen molar-refractivity contribution >= 4 is 6.09 Å². The predicted molar refractivity (Wildman–Crippen MR) is 86.6 cm³/mol. The summed E-state index contributed by atoms with van der Waals surface area (Å²) >= 11 is 0. The lowest BCUT2D eigenvalue weighted by atomic mass is 10.0. The van der Waals surface area contributed by atoms with E-state index in [2.05, 4.69) is 35.2 Å². The number of nitrogens with zero attached hydrogens (tertiary/aromatic N) is 2. The maximum Gasteiger partial charge on any atom is 0.410 e. The Hall–Kier alpha value is -1.55. The highest BCUT2D eigenvalue weighted by Gasteiger charge is 2.43. The summed E-state index contributed by atoms with van der Waals surface area (Å²) < 4.78 is 5.51. The van der Waals surface area contributed by atoms with Crippen LogP contribution in [0.3, 0.4) is 0 Å². The van der Waals surface area contributed by atoms with Crippen LogP contribution in [0, 0.1) is 5.92 Å². The molecule has 1 amide bonds. The van der Waals surface area contributed by atoms with Gasteiger partial charge in [-0.1, -0.05) is 30.3 Å². The Balaban J connectivity index is 1.60. The minimum atomic E-state index is -0.418. The average molecular weight is 302 g/mol. The molecule has 0 bridgehead atoms. The van der Waals surface area contributed by atoms with Gasteiger partial charge in [-0.05, 0) is 45.2 Å². The first-order chi connectivity index (χ1) is 10.4. The minimum absolute atomic E-state index is 0.165. The van der Waals surface area contributed by atoms with Gasteiger partial charge in [0.1, 0.15) is 5.60 Å². The Labute approximate surface area is 133 Å². The fraction of sp³-hybridized carbons (Fsp3) is 0.611. The van der Waals surface area contributed by atoms with Crippen molar-refractivity contribution < 1.29 is 9.53 Å². The number of hydrogen-bond acceptors (Lipinski definition) is 3. The number of ether oxygens (including phenoxy) is 1. The molecule has 2 unspecified atom stereocenters. The predicted octanol–water partition coefficient (Wildman–Crippen LogP) is 3.13. The zero-order valence-electron chi connectivity index (χ0n) is 13.8. The minimum Gasteiger partial charge on any atom is -0.444 e. The summed E-state index contributed by atoms with van der Waals surface area (Å²) in [5, 5.41) is 0. The molecule has 2 aliphatic heterocycles. The van der Waals surface area contributed by atoms with E-state index < -0.39 is 5.60 Å². The van der Waals surface area contributed by atoms with Crippen molar-refractivity contribution in [1.29, 1.82) is 0 Å². The molecule has 2 atom stereocenters. The van der Waals surface area contributed by atoms with E-state index in [1.807, 2.05) is 25.7 Å². The highest BCUT2D eigenvalue weighted by atomic mass is 16.6. The number of rotatable bonds is 2. The highest BCUT2D eigenvalue weighted by molar-refractivity contribution is 5.68. The number of carbonyl (C=O) groups is 1. The molecule has 22 heavy (non-hydrogen) atoms. The molecule has 0 radical (unpaired) electrons. The number of fused-ring (bicyclic) bond motifs is 1. The van der Waals surface area contributed by atoms with Gasteiger partial charge in [-0.2, -0.15) is 0 Å². The van der Waals surface area contributed by atoms with Crippen LogP contribution >= 0.6 is 0 Å². The van der Waals surface area contributed by atoms with Gasteiger partial charge in [0, 0.05) is 25.7 Å². The fourth-order valence-electron chi connectivity index (χ4n) is 3.54. The van der Waals surface area contributed by atoms with Gasteiger partial charge in [0.25, 0.3) is 0 Å². The summed E-state index contributed by atoms with van der Waals surface area (Å²) in [6, 6.07) is 11.1. The maximum atomic E-state index is 12.2. The first-order valence-electron chi connectivity index (χ1n) is 8.18. The van der Waals surface area contributed by atoms with E-state index in [4.69, 9.17) is 4.74 Å². The van der Waals surface area contributed by atoms with Crippen LogP contribution in [-0.4, -0.2) is 47.2 Å². The third kappa shape index (κ3) is 3.43. The van der Waals surface area contributed by atoms with E-state index >= 15 is 0 Å². The molecule has 0 saturated carbocycles. The SMILES string of the molecule is CC(C)(C)OC(=O)N1CC2CCN(Cc3ccccc3)C2C1. The van der Waals surface area contributed by atoms with Crippen LogP contribution < -0.4 is 0 Å². The smallest absolute Gasteiger partial charge is 0.410 e. The summed E-state index contributed by atoms with van der Waals surface area (Å²) in [7, 11) is 0. The van der Waals surface area contributed by atoms with Crippen molar-refractivity contribution in [3.8, 4) is 0 Å². The number of benzene rings is 1. The Morgan fingerprint density at radius 1 is 1.23 bits per heavy atom. The Kier molecular flexibility index (Phi) is 4.13. The average Bonchev–Trinajstić information content (AvgIpc) is 3.00. The molecular formula is C18H26N2O2. The van der Waals surface area contributed by atoms with Gasteiger partial charge >= 0.3 is 6.09 Å². The number of carbonyl (C=O) groups excluding carboxylic acids is 1. The van der Waals surface area contributed by atoms with Crippen LogP contribution in [0.5, 0.6) is 0 Å². The molecule has 2 saturated heterocycles. The lowest BCUT2D eigenvalue weighted by molar-refractivity contribution is 0.0271. The monoisotopic (exact) mass is 302 g/mol. The molecule has 0 N–H and O–H groups in total. The van der Waals surface area contributed by atoms with E-state index in [1.54, 1.807) is 0 Å². The molecule has 1 aromatic carbocycles. The van der Waals surface area contributed by atoms with Crippen LogP contribution in [0.1, 0.15) is 32.8 Å². The van der Waals surface area contributed by atoms with E-state index in [9.17, 15) is 4.79 Å². The van der Waals surface area contributed by atoms with Crippen LogP contribution in [0.25, 0.3) is 0 Å². The van der Waals surface area contributed by atoms with E-state index in [0.29, 0.717) is 12.0 Å². The summed E-state index contributed by atoms with van der Waals surface area (Å²) in [6.07, 6.45) is 1.01. The standard InChI is InChI=1S/C18H26N2O2/c1-18(2,3)22-17(21)20-12-15-9-10-19(16(15)13-20)11-14-7-5-4-6-8-14/h4-8,15-16H,9-13H2,1-3H3. The van der Waals surface area contributed by atoms with Gasteiger partial charge in [-0.15, -0.1) is 0 Å². The van der Waals surface area contributed by atoms with Crippen molar-refractivity contribution in [2.45, 2.75) is 45.4 Å². The molecule has 0 aliphatic carbocycles. The Morgan fingerprint density at radius 2 is 1.95 bits per heavy atom. The number of amides is 1. The molecule has 0 aromatic heterocycles. The van der Waals surface area contributed by atoms with E-state index in [1.165, 1.54) is 12.0 Å². The lowest BCUT2D eigenvalue weighted by Crippen LogP contribution is -2.39. The lowest BCUT2D eigenvalue weighted by Gasteiger charge is -2.27. The van der Waals surface area contributed by atoms with Gasteiger partial charge in [0.05, 0.1) is 0 Å². The largest absolute Gasteiger partial charge is 0.444 e. The Morgan fingerprint density at radius 3 is 2.64 bits per heavy atom. The quantitative estimate of drug-likeness (QED) is 0.841. The topological polar surface area (TPSA) is 32.8 Å². The second kappa shape index (κ2) is 5.92. The third-order valence-corrected chi connectivity index (χ3v) is 4.54.